The van der Waals surface area contributed by atoms with Crippen molar-refractivity contribution in [1.82, 2.24) is 5.32 Å². The van der Waals surface area contributed by atoms with Gasteiger partial charge in [-0.25, -0.2) is 0 Å². The van der Waals surface area contributed by atoms with Gasteiger partial charge in [-0.2, -0.15) is 0 Å². The lowest BCUT2D eigenvalue weighted by molar-refractivity contribution is 0.242. The molecule has 0 bridgehead atoms. The molecule has 1 heterocycles. The Morgan fingerprint density at radius 2 is 1.90 bits per heavy atom. The summed E-state index contributed by atoms with van der Waals surface area (Å²) in [7, 11) is 0. The van der Waals surface area contributed by atoms with Crippen LogP contribution in [-0.2, 0) is 0 Å². The van der Waals surface area contributed by atoms with Gasteiger partial charge in [0.2, 0.25) is 0 Å². The van der Waals surface area contributed by atoms with Gasteiger partial charge in [-0.1, -0.05) is 12.8 Å². The molecule has 2 unspecified atom stereocenters. The number of rotatable bonds is 6. The van der Waals surface area contributed by atoms with E-state index in [1.807, 2.05) is 26.0 Å². The van der Waals surface area contributed by atoms with Gasteiger partial charge in [0.05, 0.1) is 6.10 Å². The first-order valence-electron chi connectivity index (χ1n) is 8.40. The minimum absolute atomic E-state index is 0.226. The van der Waals surface area contributed by atoms with E-state index in [0.29, 0.717) is 12.1 Å². The molecule has 2 rings (SSSR count). The summed E-state index contributed by atoms with van der Waals surface area (Å²) < 4.78 is 5.67. The minimum Gasteiger partial charge on any atom is -0.491 e. The van der Waals surface area contributed by atoms with E-state index in [0.717, 1.165) is 5.75 Å². The predicted molar refractivity (Wildman–Crippen MR) is 90.2 cm³/mol. The van der Waals surface area contributed by atoms with Crippen molar-refractivity contribution in [2.24, 2.45) is 0 Å². The van der Waals surface area contributed by atoms with E-state index in [4.69, 9.17) is 4.74 Å². The highest BCUT2D eigenvalue weighted by molar-refractivity contribution is 5.47. The fraction of sp³-hybridized carbons (Fsp3) is 0.667. The van der Waals surface area contributed by atoms with Crippen molar-refractivity contribution in [2.45, 2.75) is 71.1 Å². The van der Waals surface area contributed by atoms with Gasteiger partial charge in [-0.15, -0.1) is 0 Å². The largest absolute Gasteiger partial charge is 0.491 e. The first kappa shape index (κ1) is 16.2. The highest BCUT2D eigenvalue weighted by atomic mass is 16.5. The zero-order valence-electron chi connectivity index (χ0n) is 13.7. The number of benzene rings is 1. The van der Waals surface area contributed by atoms with Gasteiger partial charge >= 0.3 is 0 Å². The fourth-order valence-electron chi connectivity index (χ4n) is 2.97. The van der Waals surface area contributed by atoms with Gasteiger partial charge in [-0.3, -0.25) is 0 Å². The van der Waals surface area contributed by atoms with Crippen molar-refractivity contribution in [3.8, 4) is 5.75 Å². The fourth-order valence-corrected chi connectivity index (χ4v) is 2.97. The topological polar surface area (TPSA) is 33.3 Å². The number of hydrogen-bond donors (Lipinski definition) is 2. The second-order valence-electron chi connectivity index (χ2n) is 6.47. The lowest BCUT2D eigenvalue weighted by Gasteiger charge is -2.22. The van der Waals surface area contributed by atoms with E-state index in [1.165, 1.54) is 44.3 Å². The molecule has 0 aliphatic carbocycles. The number of nitrogens with one attached hydrogen (secondary N) is 2. The third-order valence-electron chi connectivity index (χ3n) is 3.94. The summed E-state index contributed by atoms with van der Waals surface area (Å²) in [5.41, 5.74) is 1.17. The van der Waals surface area contributed by atoms with Crippen LogP contribution in [0.15, 0.2) is 24.3 Å². The smallest absolute Gasteiger partial charge is 0.119 e. The van der Waals surface area contributed by atoms with Crippen LogP contribution in [0.25, 0.3) is 0 Å². The predicted octanol–water partition coefficient (Wildman–Crippen LogP) is 4.20. The molecule has 1 aliphatic heterocycles. The van der Waals surface area contributed by atoms with Crippen LogP contribution in [0.4, 0.5) is 5.69 Å². The maximum atomic E-state index is 5.67. The first-order valence-corrected chi connectivity index (χ1v) is 8.40. The van der Waals surface area contributed by atoms with Gasteiger partial charge in [-0.05, 0) is 70.8 Å². The van der Waals surface area contributed by atoms with E-state index >= 15 is 0 Å². The molecule has 118 valence electrons. The lowest BCUT2D eigenvalue weighted by Crippen LogP contribution is -2.33. The Hall–Kier alpha value is -1.22. The van der Waals surface area contributed by atoms with E-state index in [9.17, 15) is 0 Å². The van der Waals surface area contributed by atoms with Crippen molar-refractivity contribution in [3.63, 3.8) is 0 Å². The Labute approximate surface area is 129 Å². The summed E-state index contributed by atoms with van der Waals surface area (Å²) in [6.45, 7) is 7.55. The molecule has 0 saturated carbocycles. The molecule has 0 aromatic heterocycles. The Kier molecular flexibility index (Phi) is 6.37. The normalized spacial score (nSPS) is 20.9. The van der Waals surface area contributed by atoms with Gasteiger partial charge in [0.1, 0.15) is 5.75 Å². The van der Waals surface area contributed by atoms with Gasteiger partial charge in [0.25, 0.3) is 0 Å². The number of hydrogen-bond acceptors (Lipinski definition) is 3. The van der Waals surface area contributed by atoms with E-state index in [2.05, 4.69) is 29.7 Å². The van der Waals surface area contributed by atoms with Crippen LogP contribution in [0.1, 0.15) is 52.9 Å². The molecular weight excluding hydrogens is 260 g/mol. The summed E-state index contributed by atoms with van der Waals surface area (Å²) in [5.74, 6) is 0.939. The molecule has 0 spiro atoms. The standard InChI is InChI=1S/C18H30N2O/c1-14(2)21-18-10-8-16(9-11-18)20-15(3)13-17-7-5-4-6-12-19-17/h8-11,14-15,17,19-20H,4-7,12-13H2,1-3H3. The zero-order chi connectivity index (χ0) is 15.1. The monoisotopic (exact) mass is 290 g/mol. The van der Waals surface area contributed by atoms with Crippen LogP contribution in [0.3, 0.4) is 0 Å². The van der Waals surface area contributed by atoms with Crippen molar-refractivity contribution < 1.29 is 4.74 Å². The van der Waals surface area contributed by atoms with Gasteiger partial charge in [0.15, 0.2) is 0 Å². The van der Waals surface area contributed by atoms with E-state index in [-0.39, 0.29) is 6.10 Å². The quantitative estimate of drug-likeness (QED) is 0.824. The molecule has 1 aromatic carbocycles. The highest BCUT2D eigenvalue weighted by Gasteiger charge is 2.14. The first-order chi connectivity index (χ1) is 10.1. The second kappa shape index (κ2) is 8.28. The van der Waals surface area contributed by atoms with Crippen LogP contribution < -0.4 is 15.4 Å². The van der Waals surface area contributed by atoms with E-state index < -0.39 is 0 Å². The zero-order valence-corrected chi connectivity index (χ0v) is 13.7. The lowest BCUT2D eigenvalue weighted by atomic mass is 10.0. The van der Waals surface area contributed by atoms with Crippen LogP contribution >= 0.6 is 0 Å². The molecule has 1 aliphatic rings. The van der Waals surface area contributed by atoms with Crippen molar-refractivity contribution in [1.29, 1.82) is 0 Å². The molecule has 0 amide bonds. The van der Waals surface area contributed by atoms with E-state index in [1.54, 1.807) is 0 Å². The van der Waals surface area contributed by atoms with Crippen molar-refractivity contribution in [2.75, 3.05) is 11.9 Å². The van der Waals surface area contributed by atoms with Crippen LogP contribution in [-0.4, -0.2) is 24.7 Å². The molecule has 2 atom stereocenters. The maximum Gasteiger partial charge on any atom is 0.119 e. The molecule has 3 nitrogen and oxygen atoms in total. The Morgan fingerprint density at radius 1 is 1.14 bits per heavy atom. The average Bonchev–Trinajstić information content (AvgIpc) is 2.69. The third-order valence-corrected chi connectivity index (χ3v) is 3.94. The number of ether oxygens (including phenoxy) is 1. The summed E-state index contributed by atoms with van der Waals surface area (Å²) in [5, 5.41) is 7.26. The van der Waals surface area contributed by atoms with Crippen molar-refractivity contribution >= 4 is 5.69 Å². The molecule has 1 fully saturated rings. The Balaban J connectivity index is 1.79. The third kappa shape index (κ3) is 5.96. The van der Waals surface area contributed by atoms with Crippen molar-refractivity contribution in [3.05, 3.63) is 24.3 Å². The number of anilines is 1. The van der Waals surface area contributed by atoms with Gasteiger partial charge < -0.3 is 15.4 Å². The maximum absolute atomic E-state index is 5.67. The average molecular weight is 290 g/mol. The molecule has 3 heteroatoms. The van der Waals surface area contributed by atoms with Crippen LogP contribution in [0, 0.1) is 0 Å². The second-order valence-corrected chi connectivity index (χ2v) is 6.47. The Morgan fingerprint density at radius 3 is 2.62 bits per heavy atom. The SMILES string of the molecule is CC(CC1CCCCCN1)Nc1ccc(OC(C)C)cc1. The Bertz CT molecular complexity index is 394. The van der Waals surface area contributed by atoms with Crippen LogP contribution in [0.2, 0.25) is 0 Å². The molecule has 1 saturated heterocycles. The van der Waals surface area contributed by atoms with Crippen LogP contribution in [0.5, 0.6) is 5.75 Å². The summed E-state index contributed by atoms with van der Waals surface area (Å²) in [6.07, 6.45) is 6.80. The molecular formula is C18H30N2O. The molecule has 0 radical (unpaired) electrons. The van der Waals surface area contributed by atoms with Gasteiger partial charge in [0, 0.05) is 17.8 Å². The molecule has 21 heavy (non-hydrogen) atoms. The highest BCUT2D eigenvalue weighted by Crippen LogP contribution is 2.19. The summed E-state index contributed by atoms with van der Waals surface area (Å²) in [6, 6.07) is 9.44. The summed E-state index contributed by atoms with van der Waals surface area (Å²) >= 11 is 0. The minimum atomic E-state index is 0.226. The summed E-state index contributed by atoms with van der Waals surface area (Å²) in [4.78, 5) is 0. The molecule has 2 N–H and O–H groups in total. The molecule has 1 aromatic rings.